The van der Waals surface area contributed by atoms with Crippen molar-refractivity contribution in [2.24, 2.45) is 0 Å². The lowest BCUT2D eigenvalue weighted by Gasteiger charge is -2.32. The van der Waals surface area contributed by atoms with E-state index >= 15 is 0 Å². The first-order chi connectivity index (χ1) is 17.3. The summed E-state index contributed by atoms with van der Waals surface area (Å²) in [5.74, 6) is 0.0526. The predicted octanol–water partition coefficient (Wildman–Crippen LogP) is 2.63. The van der Waals surface area contributed by atoms with Crippen LogP contribution < -0.4 is 10.1 Å². The standard InChI is InChI=1S/C26H26N6O4/c1-16(2)36-22-10-23(28-12-19(22)11-27)30-26(35)20-6-4-5-17-9-18(21(15-33)29-25(17)20)13-32-8-7-31(3)14-24(32)34/h4-6,9-10,12,15-16H,7-8,13-14H2,1-3H3,(H,28,30,35). The Balaban J connectivity index is 1.63. The zero-order valence-corrected chi connectivity index (χ0v) is 20.3. The van der Waals surface area contributed by atoms with Gasteiger partial charge in [-0.15, -0.1) is 0 Å². The van der Waals surface area contributed by atoms with Gasteiger partial charge in [-0.3, -0.25) is 19.3 Å². The molecule has 4 rings (SSSR count). The van der Waals surface area contributed by atoms with Crippen molar-refractivity contribution in [3.05, 3.63) is 58.9 Å². The number of fused-ring (bicyclic) bond motifs is 1. The molecule has 0 saturated carbocycles. The van der Waals surface area contributed by atoms with Crippen molar-refractivity contribution >= 4 is 34.8 Å². The lowest BCUT2D eigenvalue weighted by Crippen LogP contribution is -2.48. The molecule has 1 aliphatic rings. The summed E-state index contributed by atoms with van der Waals surface area (Å²) in [5, 5.41) is 12.7. The maximum absolute atomic E-state index is 13.1. The summed E-state index contributed by atoms with van der Waals surface area (Å²) in [6.07, 6.45) is 1.81. The fraction of sp³-hybridized carbons (Fsp3) is 0.308. The molecule has 184 valence electrons. The molecule has 3 aromatic rings. The molecule has 0 radical (unpaired) electrons. The number of piperazine rings is 1. The van der Waals surface area contributed by atoms with Gasteiger partial charge in [-0.1, -0.05) is 12.1 Å². The first-order valence-corrected chi connectivity index (χ1v) is 11.5. The van der Waals surface area contributed by atoms with Crippen molar-refractivity contribution in [1.82, 2.24) is 19.8 Å². The van der Waals surface area contributed by atoms with Gasteiger partial charge in [0.05, 0.1) is 29.9 Å². The molecular weight excluding hydrogens is 460 g/mol. The van der Waals surface area contributed by atoms with Crippen molar-refractivity contribution in [2.45, 2.75) is 26.5 Å². The number of ether oxygens (including phenoxy) is 1. The number of nitrogens with zero attached hydrogens (tertiary/aromatic N) is 5. The van der Waals surface area contributed by atoms with Gasteiger partial charge in [-0.2, -0.15) is 5.26 Å². The Labute approximate surface area is 208 Å². The van der Waals surface area contributed by atoms with Crippen LogP contribution in [0.3, 0.4) is 0 Å². The molecule has 1 aromatic carbocycles. The molecule has 36 heavy (non-hydrogen) atoms. The predicted molar refractivity (Wildman–Crippen MR) is 133 cm³/mol. The van der Waals surface area contributed by atoms with E-state index in [2.05, 4.69) is 15.3 Å². The Morgan fingerprint density at radius 2 is 2.11 bits per heavy atom. The van der Waals surface area contributed by atoms with E-state index in [0.717, 1.165) is 6.54 Å². The molecule has 10 heteroatoms. The summed E-state index contributed by atoms with van der Waals surface area (Å²) < 4.78 is 5.66. The molecule has 0 aliphatic carbocycles. The number of hydrogen-bond acceptors (Lipinski definition) is 8. The number of amides is 2. The minimum Gasteiger partial charge on any atom is -0.489 e. The van der Waals surface area contributed by atoms with Crippen LogP contribution in [-0.2, 0) is 11.3 Å². The Hall–Kier alpha value is -4.36. The summed E-state index contributed by atoms with van der Waals surface area (Å²) in [7, 11) is 1.89. The third kappa shape index (κ3) is 5.31. The fourth-order valence-electron chi connectivity index (χ4n) is 3.99. The number of aldehydes is 1. The van der Waals surface area contributed by atoms with Gasteiger partial charge >= 0.3 is 0 Å². The van der Waals surface area contributed by atoms with Crippen molar-refractivity contribution < 1.29 is 19.1 Å². The molecule has 1 aliphatic heterocycles. The van der Waals surface area contributed by atoms with Crippen LogP contribution in [0.1, 0.15) is 45.8 Å². The molecule has 1 N–H and O–H groups in total. The van der Waals surface area contributed by atoms with E-state index in [1.165, 1.54) is 12.3 Å². The van der Waals surface area contributed by atoms with Gasteiger partial charge in [-0.05, 0) is 33.0 Å². The van der Waals surface area contributed by atoms with E-state index in [9.17, 15) is 19.6 Å². The highest BCUT2D eigenvalue weighted by molar-refractivity contribution is 6.12. The Morgan fingerprint density at radius 3 is 2.81 bits per heavy atom. The second-order valence-corrected chi connectivity index (χ2v) is 8.88. The smallest absolute Gasteiger partial charge is 0.259 e. The first-order valence-electron chi connectivity index (χ1n) is 11.5. The number of aromatic nitrogens is 2. The molecule has 1 saturated heterocycles. The van der Waals surface area contributed by atoms with Gasteiger partial charge in [0.25, 0.3) is 5.91 Å². The lowest BCUT2D eigenvalue weighted by atomic mass is 10.0. The van der Waals surface area contributed by atoms with Crippen molar-refractivity contribution in [1.29, 1.82) is 5.26 Å². The molecular formula is C26H26N6O4. The zero-order chi connectivity index (χ0) is 25.8. The number of likely N-dealkylation sites (N-methyl/N-ethyl adjacent to an activating group) is 1. The maximum Gasteiger partial charge on any atom is 0.259 e. The third-order valence-electron chi connectivity index (χ3n) is 5.78. The SMILES string of the molecule is CC(C)Oc1cc(NC(=O)c2cccc3cc(CN4CCN(C)CC4=O)c(C=O)nc23)ncc1C#N. The van der Waals surface area contributed by atoms with Crippen LogP contribution in [0.4, 0.5) is 5.82 Å². The zero-order valence-electron chi connectivity index (χ0n) is 20.3. The van der Waals surface area contributed by atoms with Crippen LogP contribution in [0.2, 0.25) is 0 Å². The van der Waals surface area contributed by atoms with Crippen molar-refractivity contribution in [2.75, 3.05) is 32.0 Å². The minimum atomic E-state index is -0.473. The fourth-order valence-corrected chi connectivity index (χ4v) is 3.99. The second-order valence-electron chi connectivity index (χ2n) is 8.88. The molecule has 0 spiro atoms. The van der Waals surface area contributed by atoms with Crippen LogP contribution in [-0.4, -0.2) is 70.7 Å². The average molecular weight is 487 g/mol. The largest absolute Gasteiger partial charge is 0.489 e. The Kier molecular flexibility index (Phi) is 7.22. The van der Waals surface area contributed by atoms with Gasteiger partial charge in [-0.25, -0.2) is 9.97 Å². The normalized spacial score (nSPS) is 14.1. The minimum absolute atomic E-state index is 0.00967. The van der Waals surface area contributed by atoms with Crippen LogP contribution in [0.5, 0.6) is 5.75 Å². The Morgan fingerprint density at radius 1 is 1.31 bits per heavy atom. The van der Waals surface area contributed by atoms with E-state index in [0.29, 0.717) is 41.6 Å². The highest BCUT2D eigenvalue weighted by Gasteiger charge is 2.23. The van der Waals surface area contributed by atoms with Gasteiger partial charge in [0.2, 0.25) is 5.91 Å². The van der Waals surface area contributed by atoms with E-state index in [-0.39, 0.29) is 41.2 Å². The number of rotatable bonds is 7. The number of benzene rings is 1. The summed E-state index contributed by atoms with van der Waals surface area (Å²) in [4.78, 5) is 49.7. The van der Waals surface area contributed by atoms with Crippen molar-refractivity contribution in [3.8, 4) is 11.8 Å². The number of nitrogens with one attached hydrogen (secondary N) is 1. The topological polar surface area (TPSA) is 129 Å². The number of carbonyl (C=O) groups excluding carboxylic acids is 3. The lowest BCUT2D eigenvalue weighted by molar-refractivity contribution is -0.136. The second kappa shape index (κ2) is 10.5. The van der Waals surface area contributed by atoms with Gasteiger partial charge in [0.1, 0.15) is 28.9 Å². The highest BCUT2D eigenvalue weighted by Crippen LogP contribution is 2.25. The van der Waals surface area contributed by atoms with Crippen LogP contribution >= 0.6 is 0 Å². The third-order valence-corrected chi connectivity index (χ3v) is 5.78. The first kappa shape index (κ1) is 24.8. The van der Waals surface area contributed by atoms with E-state index in [1.807, 2.05) is 31.9 Å². The van der Waals surface area contributed by atoms with Crippen molar-refractivity contribution in [3.63, 3.8) is 0 Å². The van der Waals surface area contributed by atoms with Gasteiger partial charge < -0.3 is 15.0 Å². The van der Waals surface area contributed by atoms with Crippen LogP contribution in [0.15, 0.2) is 36.5 Å². The summed E-state index contributed by atoms with van der Waals surface area (Å²) in [6.45, 7) is 5.58. The molecule has 0 unspecified atom stereocenters. The molecule has 0 atom stereocenters. The van der Waals surface area contributed by atoms with Gasteiger partial charge in [0.15, 0.2) is 6.29 Å². The van der Waals surface area contributed by atoms with Crippen LogP contribution in [0.25, 0.3) is 10.9 Å². The maximum atomic E-state index is 13.1. The molecule has 3 heterocycles. The van der Waals surface area contributed by atoms with E-state index in [1.54, 1.807) is 29.2 Å². The highest BCUT2D eigenvalue weighted by atomic mass is 16.5. The number of anilines is 1. The monoisotopic (exact) mass is 486 g/mol. The molecule has 0 bridgehead atoms. The number of pyridine rings is 2. The number of nitriles is 1. The van der Waals surface area contributed by atoms with E-state index < -0.39 is 5.91 Å². The number of hydrogen-bond donors (Lipinski definition) is 1. The quantitative estimate of drug-likeness (QED) is 0.505. The molecule has 2 amide bonds. The van der Waals surface area contributed by atoms with E-state index in [4.69, 9.17) is 4.74 Å². The Bertz CT molecular complexity index is 1380. The van der Waals surface area contributed by atoms with Crippen LogP contribution in [0, 0.1) is 11.3 Å². The number of para-hydroxylation sites is 1. The summed E-state index contributed by atoms with van der Waals surface area (Å²) in [6, 6.07) is 10.4. The molecule has 2 aromatic heterocycles. The summed E-state index contributed by atoms with van der Waals surface area (Å²) >= 11 is 0. The molecule has 1 fully saturated rings. The number of carbonyl (C=O) groups is 3. The molecule has 10 nitrogen and oxygen atoms in total. The summed E-state index contributed by atoms with van der Waals surface area (Å²) in [5.41, 5.74) is 1.68. The average Bonchev–Trinajstić information content (AvgIpc) is 2.84. The van der Waals surface area contributed by atoms with Gasteiger partial charge in [0, 0.05) is 36.7 Å².